The number of carbonyl (C=O) groups excluding carboxylic acids is 1. The van der Waals surface area contributed by atoms with Crippen LogP contribution in [0.15, 0.2) is 54.7 Å². The zero-order chi connectivity index (χ0) is 19.8. The van der Waals surface area contributed by atoms with Gasteiger partial charge in [0.2, 0.25) is 0 Å². The number of hydrogen-bond donors (Lipinski definition) is 0. The average Bonchev–Trinajstić information content (AvgIpc) is 3.09. The fraction of sp³-hybridized carbons (Fsp3) is 0.273. The number of hydrogen-bond acceptors (Lipinski definition) is 5. The highest BCUT2D eigenvalue weighted by atomic mass is 16.2. The highest BCUT2D eigenvalue weighted by molar-refractivity contribution is 5.93. The van der Waals surface area contributed by atoms with Gasteiger partial charge in [-0.2, -0.15) is 0 Å². The molecule has 5 rings (SSSR count). The number of piperazine rings is 1. The molecular weight excluding hydrogens is 364 g/mol. The number of fused-ring (bicyclic) bond motifs is 2. The van der Waals surface area contributed by atoms with Crippen molar-refractivity contribution in [2.24, 2.45) is 7.05 Å². The zero-order valence-electron chi connectivity index (χ0n) is 16.3. The molecule has 146 valence electrons. The number of para-hydroxylation sites is 4. The molecule has 0 saturated carbocycles. The normalized spacial score (nSPS) is 15.3. The van der Waals surface area contributed by atoms with Crippen molar-refractivity contribution in [3.63, 3.8) is 0 Å². The van der Waals surface area contributed by atoms with Gasteiger partial charge in [-0.15, -0.1) is 0 Å². The summed E-state index contributed by atoms with van der Waals surface area (Å²) in [4.78, 5) is 30.7. The maximum atomic E-state index is 12.9. The van der Waals surface area contributed by atoms with Crippen molar-refractivity contribution in [2.45, 2.75) is 6.54 Å². The minimum absolute atomic E-state index is 0.0503. The van der Waals surface area contributed by atoms with Crippen LogP contribution < -0.4 is 0 Å². The molecular formula is C22H22N6O. The van der Waals surface area contributed by atoms with E-state index in [0.29, 0.717) is 18.8 Å². The number of amides is 1. The number of benzene rings is 2. The lowest BCUT2D eigenvalue weighted by Crippen LogP contribution is -2.48. The van der Waals surface area contributed by atoms with Crippen LogP contribution >= 0.6 is 0 Å². The molecule has 2 aromatic heterocycles. The van der Waals surface area contributed by atoms with Crippen molar-refractivity contribution < 1.29 is 4.79 Å². The van der Waals surface area contributed by atoms with Crippen molar-refractivity contribution in [1.29, 1.82) is 0 Å². The largest absolute Gasteiger partial charge is 0.335 e. The fourth-order valence-electron chi connectivity index (χ4n) is 3.87. The Morgan fingerprint density at radius 1 is 0.897 bits per heavy atom. The number of nitrogens with zero attached hydrogens (tertiary/aromatic N) is 6. The molecule has 1 fully saturated rings. The SMILES string of the molecule is Cn1c(CN2CCN(C(=O)c3cnc4ccccc4n3)CC2)nc2ccccc21. The molecule has 4 aromatic rings. The molecule has 7 nitrogen and oxygen atoms in total. The fourth-order valence-corrected chi connectivity index (χ4v) is 3.87. The summed E-state index contributed by atoms with van der Waals surface area (Å²) >= 11 is 0. The van der Waals surface area contributed by atoms with E-state index in [2.05, 4.69) is 32.5 Å². The summed E-state index contributed by atoms with van der Waals surface area (Å²) in [5.74, 6) is 0.997. The maximum Gasteiger partial charge on any atom is 0.274 e. The second-order valence-electron chi connectivity index (χ2n) is 7.39. The Balaban J connectivity index is 1.25. The Labute approximate surface area is 168 Å². The van der Waals surface area contributed by atoms with Crippen LogP contribution in [-0.2, 0) is 13.6 Å². The topological polar surface area (TPSA) is 67.2 Å². The molecule has 0 radical (unpaired) electrons. The first-order valence-electron chi connectivity index (χ1n) is 9.83. The van der Waals surface area contributed by atoms with Gasteiger partial charge in [-0.25, -0.2) is 9.97 Å². The van der Waals surface area contributed by atoms with Gasteiger partial charge in [0.15, 0.2) is 0 Å². The molecule has 1 aliphatic heterocycles. The summed E-state index contributed by atoms with van der Waals surface area (Å²) in [7, 11) is 2.06. The van der Waals surface area contributed by atoms with Gasteiger partial charge in [-0.1, -0.05) is 24.3 Å². The number of imidazole rings is 1. The molecule has 1 aliphatic rings. The summed E-state index contributed by atoms with van der Waals surface area (Å²) in [6.45, 7) is 3.77. The first-order chi connectivity index (χ1) is 14.2. The molecule has 0 bridgehead atoms. The van der Waals surface area contributed by atoms with E-state index in [0.717, 1.165) is 47.5 Å². The van der Waals surface area contributed by atoms with Crippen LogP contribution in [0.4, 0.5) is 0 Å². The number of aryl methyl sites for hydroxylation is 1. The van der Waals surface area contributed by atoms with Crippen molar-refractivity contribution in [3.05, 3.63) is 66.2 Å². The maximum absolute atomic E-state index is 12.9. The lowest BCUT2D eigenvalue weighted by molar-refractivity contribution is 0.0619. The minimum Gasteiger partial charge on any atom is -0.335 e. The van der Waals surface area contributed by atoms with E-state index in [9.17, 15) is 4.79 Å². The predicted octanol–water partition coefficient (Wildman–Crippen LogP) is 2.47. The molecule has 0 N–H and O–H groups in total. The van der Waals surface area contributed by atoms with Crippen LogP contribution in [-0.4, -0.2) is 61.4 Å². The Morgan fingerprint density at radius 2 is 1.59 bits per heavy atom. The third-order valence-electron chi connectivity index (χ3n) is 5.57. The Morgan fingerprint density at radius 3 is 2.34 bits per heavy atom. The summed E-state index contributed by atoms with van der Waals surface area (Å²) in [6, 6.07) is 15.8. The van der Waals surface area contributed by atoms with E-state index in [1.165, 1.54) is 0 Å². The first-order valence-corrected chi connectivity index (χ1v) is 9.83. The summed E-state index contributed by atoms with van der Waals surface area (Å²) in [5, 5.41) is 0. The molecule has 0 atom stereocenters. The second-order valence-corrected chi connectivity index (χ2v) is 7.39. The highest BCUT2D eigenvalue weighted by Crippen LogP contribution is 2.17. The molecule has 1 amide bonds. The van der Waals surface area contributed by atoms with Crippen LogP contribution in [0.1, 0.15) is 16.3 Å². The molecule has 29 heavy (non-hydrogen) atoms. The van der Waals surface area contributed by atoms with Gasteiger partial charge < -0.3 is 9.47 Å². The molecule has 2 aromatic carbocycles. The van der Waals surface area contributed by atoms with Crippen LogP contribution in [0.25, 0.3) is 22.1 Å². The summed E-state index contributed by atoms with van der Waals surface area (Å²) in [5.41, 5.74) is 4.13. The van der Waals surface area contributed by atoms with Gasteiger partial charge in [0, 0.05) is 33.2 Å². The smallest absolute Gasteiger partial charge is 0.274 e. The van der Waals surface area contributed by atoms with Crippen molar-refractivity contribution in [3.8, 4) is 0 Å². The van der Waals surface area contributed by atoms with Gasteiger partial charge >= 0.3 is 0 Å². The molecule has 0 unspecified atom stereocenters. The molecule has 0 aliphatic carbocycles. The number of rotatable bonds is 3. The van der Waals surface area contributed by atoms with E-state index in [4.69, 9.17) is 4.98 Å². The van der Waals surface area contributed by atoms with Crippen molar-refractivity contribution >= 4 is 28.0 Å². The van der Waals surface area contributed by atoms with E-state index < -0.39 is 0 Å². The zero-order valence-corrected chi connectivity index (χ0v) is 16.3. The quantitative estimate of drug-likeness (QED) is 0.541. The van der Waals surface area contributed by atoms with Crippen LogP contribution in [0.2, 0.25) is 0 Å². The third-order valence-corrected chi connectivity index (χ3v) is 5.57. The standard InChI is InChI=1S/C22H22N6O/c1-26-20-9-5-4-8-18(20)25-21(26)15-27-10-12-28(13-11-27)22(29)19-14-23-16-6-2-3-7-17(16)24-19/h2-9,14H,10-13,15H2,1H3. The Hall–Kier alpha value is -3.32. The first kappa shape index (κ1) is 17.8. The number of carbonyl (C=O) groups is 1. The Bertz CT molecular complexity index is 1190. The van der Waals surface area contributed by atoms with Crippen LogP contribution in [0.5, 0.6) is 0 Å². The van der Waals surface area contributed by atoms with Gasteiger partial charge in [0.1, 0.15) is 11.5 Å². The van der Waals surface area contributed by atoms with Gasteiger partial charge in [0.25, 0.3) is 5.91 Å². The average molecular weight is 386 g/mol. The van der Waals surface area contributed by atoms with E-state index in [1.54, 1.807) is 6.20 Å². The lowest BCUT2D eigenvalue weighted by atomic mass is 10.2. The highest BCUT2D eigenvalue weighted by Gasteiger charge is 2.24. The third kappa shape index (κ3) is 3.34. The van der Waals surface area contributed by atoms with Gasteiger partial charge in [-0.05, 0) is 24.3 Å². The van der Waals surface area contributed by atoms with E-state index in [-0.39, 0.29) is 5.91 Å². The van der Waals surface area contributed by atoms with Crippen LogP contribution in [0, 0.1) is 0 Å². The van der Waals surface area contributed by atoms with Crippen molar-refractivity contribution in [1.82, 2.24) is 29.3 Å². The lowest BCUT2D eigenvalue weighted by Gasteiger charge is -2.34. The second kappa shape index (κ2) is 7.25. The predicted molar refractivity (Wildman–Crippen MR) is 111 cm³/mol. The monoisotopic (exact) mass is 386 g/mol. The summed E-state index contributed by atoms with van der Waals surface area (Å²) in [6.07, 6.45) is 1.58. The number of aromatic nitrogens is 4. The minimum atomic E-state index is -0.0503. The molecule has 1 saturated heterocycles. The Kier molecular flexibility index (Phi) is 4.44. The van der Waals surface area contributed by atoms with Crippen molar-refractivity contribution in [2.75, 3.05) is 26.2 Å². The summed E-state index contributed by atoms with van der Waals surface area (Å²) < 4.78 is 2.15. The molecule has 0 spiro atoms. The molecule has 7 heteroatoms. The van der Waals surface area contributed by atoms with Gasteiger partial charge in [-0.3, -0.25) is 14.7 Å². The van der Waals surface area contributed by atoms with E-state index in [1.807, 2.05) is 47.4 Å². The van der Waals surface area contributed by atoms with Crippen LogP contribution in [0.3, 0.4) is 0 Å². The van der Waals surface area contributed by atoms with E-state index >= 15 is 0 Å². The van der Waals surface area contributed by atoms with Gasteiger partial charge in [0.05, 0.1) is 34.8 Å². The molecule has 3 heterocycles.